The Morgan fingerprint density at radius 3 is 2.34 bits per heavy atom. The smallest absolute Gasteiger partial charge is 0.253 e. The summed E-state index contributed by atoms with van der Waals surface area (Å²) in [6.45, 7) is 2.25. The highest BCUT2D eigenvalue weighted by molar-refractivity contribution is 7.80. The zero-order chi connectivity index (χ0) is 22.2. The molecule has 1 amide bonds. The summed E-state index contributed by atoms with van der Waals surface area (Å²) in [7, 11) is 0. The Morgan fingerprint density at radius 2 is 1.59 bits per heavy atom. The van der Waals surface area contributed by atoms with Gasteiger partial charge in [-0.05, 0) is 85.6 Å². The van der Waals surface area contributed by atoms with Crippen LogP contribution in [0.25, 0.3) is 0 Å². The van der Waals surface area contributed by atoms with Crippen molar-refractivity contribution in [1.82, 2.24) is 10.2 Å². The number of thiocarbonyl (C=S) groups is 1. The van der Waals surface area contributed by atoms with Gasteiger partial charge in [-0.15, -0.1) is 0 Å². The zero-order valence-electron chi connectivity index (χ0n) is 17.9. The maximum atomic E-state index is 12.7. The molecule has 164 valence electrons. The molecule has 1 fully saturated rings. The molecule has 5 nitrogen and oxygen atoms in total. The first-order valence-electron chi connectivity index (χ1n) is 10.9. The van der Waals surface area contributed by atoms with Crippen molar-refractivity contribution in [3.05, 3.63) is 90.0 Å². The number of carbonyl (C=O) groups excluding carboxylic acids is 1. The zero-order valence-corrected chi connectivity index (χ0v) is 18.7. The van der Waals surface area contributed by atoms with Crippen molar-refractivity contribution < 1.29 is 9.53 Å². The number of likely N-dealkylation sites (tertiary alicyclic amines) is 1. The Hall–Kier alpha value is -3.38. The fraction of sp³-hybridized carbons (Fsp3) is 0.231. The van der Waals surface area contributed by atoms with Gasteiger partial charge in [-0.25, -0.2) is 0 Å². The quantitative estimate of drug-likeness (QED) is 0.484. The SMILES string of the molecule is O=C(c1cccc(CNC(=S)Nc2ccc(Oc3ccccc3)cc2)c1)N1CCCCC1. The van der Waals surface area contributed by atoms with Crippen molar-refractivity contribution in [1.29, 1.82) is 0 Å². The number of rotatable bonds is 6. The third-order valence-corrected chi connectivity index (χ3v) is 5.61. The summed E-state index contributed by atoms with van der Waals surface area (Å²) >= 11 is 5.43. The van der Waals surface area contributed by atoms with Gasteiger partial charge in [0.15, 0.2) is 5.11 Å². The van der Waals surface area contributed by atoms with Crippen molar-refractivity contribution in [2.45, 2.75) is 25.8 Å². The van der Waals surface area contributed by atoms with E-state index in [-0.39, 0.29) is 5.91 Å². The average molecular weight is 446 g/mol. The van der Waals surface area contributed by atoms with E-state index in [9.17, 15) is 4.79 Å². The minimum atomic E-state index is 0.116. The number of benzene rings is 3. The summed E-state index contributed by atoms with van der Waals surface area (Å²) in [5, 5.41) is 6.92. The summed E-state index contributed by atoms with van der Waals surface area (Å²) < 4.78 is 5.81. The lowest BCUT2D eigenvalue weighted by Gasteiger charge is -2.26. The first kappa shape index (κ1) is 21.8. The number of anilines is 1. The van der Waals surface area contributed by atoms with E-state index in [4.69, 9.17) is 17.0 Å². The third kappa shape index (κ3) is 6.08. The van der Waals surface area contributed by atoms with Crippen LogP contribution in [-0.4, -0.2) is 29.0 Å². The molecule has 0 radical (unpaired) electrons. The molecule has 0 aliphatic carbocycles. The van der Waals surface area contributed by atoms with Gasteiger partial charge in [0, 0.05) is 30.9 Å². The molecule has 0 bridgehead atoms. The van der Waals surface area contributed by atoms with Crippen LogP contribution in [0.5, 0.6) is 11.5 Å². The monoisotopic (exact) mass is 445 g/mol. The summed E-state index contributed by atoms with van der Waals surface area (Å²) in [5.41, 5.74) is 2.62. The minimum Gasteiger partial charge on any atom is -0.457 e. The molecule has 0 atom stereocenters. The number of nitrogens with zero attached hydrogens (tertiary/aromatic N) is 1. The maximum Gasteiger partial charge on any atom is 0.253 e. The normalized spacial score (nSPS) is 13.3. The topological polar surface area (TPSA) is 53.6 Å². The van der Waals surface area contributed by atoms with Crippen LogP contribution in [0.2, 0.25) is 0 Å². The molecule has 0 unspecified atom stereocenters. The standard InChI is InChI=1S/C26H27N3O2S/c30-25(29-16-5-2-6-17-29)21-9-7-8-20(18-21)19-27-26(32)28-22-12-14-24(15-13-22)31-23-10-3-1-4-11-23/h1,3-4,7-15,18H,2,5-6,16-17,19H2,(H2,27,28,32). The van der Waals surface area contributed by atoms with Gasteiger partial charge in [0.05, 0.1) is 0 Å². The molecule has 2 N–H and O–H groups in total. The Morgan fingerprint density at radius 1 is 0.875 bits per heavy atom. The Balaban J connectivity index is 1.28. The number of hydrogen-bond donors (Lipinski definition) is 2. The van der Waals surface area contributed by atoms with E-state index in [1.165, 1.54) is 6.42 Å². The van der Waals surface area contributed by atoms with Crippen molar-refractivity contribution in [3.63, 3.8) is 0 Å². The molecule has 3 aromatic rings. The molecule has 32 heavy (non-hydrogen) atoms. The number of hydrogen-bond acceptors (Lipinski definition) is 3. The summed E-state index contributed by atoms with van der Waals surface area (Å²) in [6, 6.07) is 25.1. The molecule has 4 rings (SSSR count). The predicted molar refractivity (Wildman–Crippen MR) is 132 cm³/mol. The van der Waals surface area contributed by atoms with Gasteiger partial charge in [-0.3, -0.25) is 4.79 Å². The summed E-state index contributed by atoms with van der Waals surface area (Å²) in [5.74, 6) is 1.67. The molecular weight excluding hydrogens is 418 g/mol. The molecular formula is C26H27N3O2S. The van der Waals surface area contributed by atoms with E-state index in [1.54, 1.807) is 0 Å². The second-order valence-electron chi connectivity index (χ2n) is 7.80. The van der Waals surface area contributed by atoms with Gasteiger partial charge in [-0.1, -0.05) is 30.3 Å². The number of ether oxygens (including phenoxy) is 1. The molecule has 3 aromatic carbocycles. The average Bonchev–Trinajstić information content (AvgIpc) is 2.85. The van der Waals surface area contributed by atoms with Crippen LogP contribution in [0, 0.1) is 0 Å². The third-order valence-electron chi connectivity index (χ3n) is 5.36. The molecule has 1 aliphatic heterocycles. The molecule has 1 saturated heterocycles. The number of nitrogens with one attached hydrogen (secondary N) is 2. The molecule has 0 spiro atoms. The first-order chi connectivity index (χ1) is 15.7. The second kappa shape index (κ2) is 10.8. The van der Waals surface area contributed by atoms with Crippen LogP contribution < -0.4 is 15.4 Å². The first-order valence-corrected chi connectivity index (χ1v) is 11.3. The maximum absolute atomic E-state index is 12.7. The van der Waals surface area contributed by atoms with Crippen LogP contribution in [0.3, 0.4) is 0 Å². The lowest BCUT2D eigenvalue weighted by atomic mass is 10.1. The lowest BCUT2D eigenvalue weighted by molar-refractivity contribution is 0.0724. The van der Waals surface area contributed by atoms with Crippen molar-refractivity contribution in [2.75, 3.05) is 18.4 Å². The Bertz CT molecular complexity index is 1050. The van der Waals surface area contributed by atoms with Crippen molar-refractivity contribution >= 4 is 28.9 Å². The predicted octanol–water partition coefficient (Wildman–Crippen LogP) is 5.59. The summed E-state index contributed by atoms with van der Waals surface area (Å²) in [4.78, 5) is 14.7. The van der Waals surface area contributed by atoms with E-state index in [2.05, 4.69) is 10.6 Å². The van der Waals surface area contributed by atoms with E-state index >= 15 is 0 Å². The highest BCUT2D eigenvalue weighted by atomic mass is 32.1. The van der Waals surface area contributed by atoms with Crippen LogP contribution in [-0.2, 0) is 6.54 Å². The van der Waals surface area contributed by atoms with Crippen LogP contribution >= 0.6 is 12.2 Å². The van der Waals surface area contributed by atoms with Crippen LogP contribution in [0.1, 0.15) is 35.2 Å². The molecule has 0 aromatic heterocycles. The minimum absolute atomic E-state index is 0.116. The molecule has 1 heterocycles. The van der Waals surface area contributed by atoms with E-state index in [0.29, 0.717) is 11.7 Å². The van der Waals surface area contributed by atoms with Gasteiger partial charge in [0.1, 0.15) is 11.5 Å². The molecule has 1 aliphatic rings. The number of amides is 1. The summed E-state index contributed by atoms with van der Waals surface area (Å²) in [6.07, 6.45) is 3.39. The van der Waals surface area contributed by atoms with Gasteiger partial charge >= 0.3 is 0 Å². The van der Waals surface area contributed by atoms with Gasteiger partial charge in [-0.2, -0.15) is 0 Å². The molecule has 6 heteroatoms. The van der Waals surface area contributed by atoms with Crippen molar-refractivity contribution in [3.8, 4) is 11.5 Å². The molecule has 0 saturated carbocycles. The second-order valence-corrected chi connectivity index (χ2v) is 8.21. The lowest BCUT2D eigenvalue weighted by Crippen LogP contribution is -2.35. The highest BCUT2D eigenvalue weighted by Crippen LogP contribution is 2.22. The van der Waals surface area contributed by atoms with Crippen LogP contribution in [0.4, 0.5) is 5.69 Å². The number of para-hydroxylation sites is 1. The fourth-order valence-corrected chi connectivity index (χ4v) is 3.87. The van der Waals surface area contributed by atoms with Crippen molar-refractivity contribution in [2.24, 2.45) is 0 Å². The van der Waals surface area contributed by atoms with Gasteiger partial charge in [0.25, 0.3) is 5.91 Å². The highest BCUT2D eigenvalue weighted by Gasteiger charge is 2.18. The van der Waals surface area contributed by atoms with Gasteiger partial charge in [0.2, 0.25) is 0 Å². The number of piperidine rings is 1. The Labute approximate surface area is 194 Å². The Kier molecular flexibility index (Phi) is 7.35. The van der Waals surface area contributed by atoms with E-state index in [0.717, 1.165) is 54.2 Å². The van der Waals surface area contributed by atoms with E-state index in [1.807, 2.05) is 83.8 Å². The van der Waals surface area contributed by atoms with E-state index < -0.39 is 0 Å². The van der Waals surface area contributed by atoms with Crippen LogP contribution in [0.15, 0.2) is 78.9 Å². The largest absolute Gasteiger partial charge is 0.457 e. The number of carbonyl (C=O) groups is 1. The fourth-order valence-electron chi connectivity index (χ4n) is 3.68. The van der Waals surface area contributed by atoms with Gasteiger partial charge < -0.3 is 20.3 Å².